The minimum atomic E-state index is -2.14. The number of hydrogen-bond acceptors (Lipinski definition) is 7. The highest BCUT2D eigenvalue weighted by Crippen LogP contribution is 2.45. The van der Waals surface area contributed by atoms with Crippen LogP contribution >= 0.6 is 0 Å². The van der Waals surface area contributed by atoms with Crippen molar-refractivity contribution in [2.24, 2.45) is 11.8 Å². The third-order valence-electron chi connectivity index (χ3n) is 3.83. The van der Waals surface area contributed by atoms with E-state index in [9.17, 15) is 15.0 Å². The van der Waals surface area contributed by atoms with Crippen molar-refractivity contribution in [1.29, 1.82) is 0 Å². The first-order valence-corrected chi connectivity index (χ1v) is 7.32. The molecule has 0 aromatic carbocycles. The SMILES string of the molecule is O=C(O)C1C2C=CC(O2)C1C(O)(OCCCO)OCCCO. The van der Waals surface area contributed by atoms with Crippen LogP contribution in [0.5, 0.6) is 0 Å². The van der Waals surface area contributed by atoms with E-state index in [1.807, 2.05) is 0 Å². The van der Waals surface area contributed by atoms with Crippen LogP contribution in [0, 0.1) is 11.8 Å². The molecular formula is C14H22O8. The summed E-state index contributed by atoms with van der Waals surface area (Å²) in [5, 5.41) is 37.8. The second-order valence-corrected chi connectivity index (χ2v) is 5.32. The van der Waals surface area contributed by atoms with Gasteiger partial charge in [0.1, 0.15) is 0 Å². The van der Waals surface area contributed by atoms with E-state index in [-0.39, 0.29) is 39.3 Å². The van der Waals surface area contributed by atoms with Gasteiger partial charge in [0.05, 0.1) is 37.3 Å². The Labute approximate surface area is 127 Å². The molecule has 8 nitrogen and oxygen atoms in total. The average molecular weight is 318 g/mol. The number of aliphatic hydroxyl groups excluding tert-OH is 2. The number of carboxylic acids is 1. The number of fused-ring (bicyclic) bond motifs is 2. The molecule has 4 unspecified atom stereocenters. The Bertz CT molecular complexity index is 400. The lowest BCUT2D eigenvalue weighted by molar-refractivity contribution is -0.392. The summed E-state index contributed by atoms with van der Waals surface area (Å²) in [5.74, 6) is -5.14. The summed E-state index contributed by atoms with van der Waals surface area (Å²) < 4.78 is 16.2. The van der Waals surface area contributed by atoms with Gasteiger partial charge >= 0.3 is 5.97 Å². The van der Waals surface area contributed by atoms with Crippen LogP contribution in [0.4, 0.5) is 0 Å². The fourth-order valence-corrected chi connectivity index (χ4v) is 2.84. The first-order chi connectivity index (χ1) is 10.5. The Kier molecular flexibility index (Phi) is 5.90. The Hall–Kier alpha value is -1.03. The summed E-state index contributed by atoms with van der Waals surface area (Å²) in [5.41, 5.74) is 0. The van der Waals surface area contributed by atoms with Crippen LogP contribution in [0.3, 0.4) is 0 Å². The zero-order chi connectivity index (χ0) is 16.2. The fourth-order valence-electron chi connectivity index (χ4n) is 2.84. The highest BCUT2D eigenvalue weighted by atomic mass is 16.8. The van der Waals surface area contributed by atoms with Crippen LogP contribution in [0.2, 0.25) is 0 Å². The number of ether oxygens (including phenoxy) is 3. The Morgan fingerprint density at radius 1 is 1.09 bits per heavy atom. The molecule has 2 rings (SSSR count). The van der Waals surface area contributed by atoms with Crippen molar-refractivity contribution in [3.05, 3.63) is 12.2 Å². The summed E-state index contributed by atoms with van der Waals surface area (Å²) in [6.45, 7) is -0.226. The first kappa shape index (κ1) is 17.3. The molecule has 2 aliphatic heterocycles. The maximum atomic E-state index is 11.5. The molecule has 0 aliphatic carbocycles. The molecule has 0 amide bonds. The minimum absolute atomic E-state index is 0.00999. The van der Waals surface area contributed by atoms with E-state index in [1.165, 1.54) is 0 Å². The van der Waals surface area contributed by atoms with Gasteiger partial charge in [0.15, 0.2) is 0 Å². The van der Waals surface area contributed by atoms with E-state index in [0.29, 0.717) is 0 Å². The van der Waals surface area contributed by atoms with Crippen molar-refractivity contribution in [3.63, 3.8) is 0 Å². The number of aliphatic carboxylic acids is 1. The Morgan fingerprint density at radius 3 is 2.14 bits per heavy atom. The van der Waals surface area contributed by atoms with Crippen LogP contribution in [0.15, 0.2) is 12.2 Å². The van der Waals surface area contributed by atoms with Crippen molar-refractivity contribution < 1.29 is 39.4 Å². The third-order valence-corrected chi connectivity index (χ3v) is 3.83. The molecule has 4 N–H and O–H groups in total. The van der Waals surface area contributed by atoms with E-state index < -0.39 is 36.0 Å². The molecule has 0 radical (unpaired) electrons. The number of carbonyl (C=O) groups is 1. The quantitative estimate of drug-likeness (QED) is 0.232. The largest absolute Gasteiger partial charge is 0.481 e. The van der Waals surface area contributed by atoms with Crippen LogP contribution < -0.4 is 0 Å². The fraction of sp³-hybridized carbons (Fsp3) is 0.786. The molecule has 1 saturated heterocycles. The van der Waals surface area contributed by atoms with Crippen molar-refractivity contribution in [3.8, 4) is 0 Å². The van der Waals surface area contributed by atoms with Gasteiger partial charge in [-0.2, -0.15) is 0 Å². The van der Waals surface area contributed by atoms with E-state index >= 15 is 0 Å². The standard InChI is InChI=1S/C14H22O8/c15-5-1-7-20-14(19,21-8-2-6-16)12-10-4-3-9(22-10)11(12)13(17)18/h3-4,9-12,15-16,19H,1-2,5-8H2,(H,17,18). The van der Waals surface area contributed by atoms with Crippen molar-refractivity contribution >= 4 is 5.97 Å². The summed E-state index contributed by atoms with van der Waals surface area (Å²) in [6, 6.07) is 0. The second kappa shape index (κ2) is 7.49. The molecule has 0 aromatic heterocycles. The van der Waals surface area contributed by atoms with Crippen molar-refractivity contribution in [2.75, 3.05) is 26.4 Å². The molecule has 0 aromatic rings. The zero-order valence-corrected chi connectivity index (χ0v) is 12.1. The van der Waals surface area contributed by atoms with Crippen LogP contribution in [0.1, 0.15) is 12.8 Å². The molecular weight excluding hydrogens is 296 g/mol. The smallest absolute Gasteiger partial charge is 0.310 e. The number of aliphatic hydroxyl groups is 3. The first-order valence-electron chi connectivity index (χ1n) is 7.32. The van der Waals surface area contributed by atoms with Crippen LogP contribution in [-0.4, -0.2) is 71.0 Å². The van der Waals surface area contributed by atoms with E-state index in [2.05, 4.69) is 0 Å². The van der Waals surface area contributed by atoms with Gasteiger partial charge in [-0.25, -0.2) is 0 Å². The zero-order valence-electron chi connectivity index (χ0n) is 12.1. The molecule has 126 valence electrons. The maximum absolute atomic E-state index is 11.5. The lowest BCUT2D eigenvalue weighted by Gasteiger charge is -2.37. The lowest BCUT2D eigenvalue weighted by Crippen LogP contribution is -2.52. The molecule has 0 saturated carbocycles. The average Bonchev–Trinajstić information content (AvgIpc) is 3.08. The van der Waals surface area contributed by atoms with E-state index in [4.69, 9.17) is 24.4 Å². The molecule has 2 aliphatic rings. The van der Waals surface area contributed by atoms with Gasteiger partial charge in [0.25, 0.3) is 5.97 Å². The predicted octanol–water partition coefficient (Wildman–Crippen LogP) is -0.915. The maximum Gasteiger partial charge on any atom is 0.310 e. The molecule has 8 heteroatoms. The summed E-state index contributed by atoms with van der Waals surface area (Å²) in [6.07, 6.45) is 2.66. The molecule has 1 fully saturated rings. The summed E-state index contributed by atoms with van der Waals surface area (Å²) in [7, 11) is 0. The van der Waals surface area contributed by atoms with Gasteiger partial charge < -0.3 is 34.6 Å². The predicted molar refractivity (Wildman–Crippen MR) is 72.7 cm³/mol. The normalized spacial score (nSPS) is 30.1. The Morgan fingerprint density at radius 2 is 1.64 bits per heavy atom. The molecule has 0 spiro atoms. The summed E-state index contributed by atoms with van der Waals surface area (Å²) >= 11 is 0. The lowest BCUT2D eigenvalue weighted by atomic mass is 9.81. The van der Waals surface area contributed by atoms with Crippen LogP contribution in [-0.2, 0) is 19.0 Å². The van der Waals surface area contributed by atoms with Crippen molar-refractivity contribution in [2.45, 2.75) is 31.0 Å². The second-order valence-electron chi connectivity index (χ2n) is 5.32. The Balaban J connectivity index is 2.15. The van der Waals surface area contributed by atoms with Gasteiger partial charge in [-0.15, -0.1) is 0 Å². The molecule has 2 bridgehead atoms. The molecule has 2 heterocycles. The number of carboxylic acid groups (broad SMARTS) is 1. The topological polar surface area (TPSA) is 126 Å². The highest BCUT2D eigenvalue weighted by Gasteiger charge is 2.60. The van der Waals surface area contributed by atoms with Crippen LogP contribution in [0.25, 0.3) is 0 Å². The monoisotopic (exact) mass is 318 g/mol. The third kappa shape index (κ3) is 3.48. The highest BCUT2D eigenvalue weighted by molar-refractivity contribution is 5.73. The van der Waals surface area contributed by atoms with Gasteiger partial charge in [-0.1, -0.05) is 12.2 Å². The van der Waals surface area contributed by atoms with Gasteiger partial charge in [-0.05, 0) is 12.8 Å². The number of rotatable bonds is 10. The van der Waals surface area contributed by atoms with E-state index in [0.717, 1.165) is 0 Å². The van der Waals surface area contributed by atoms with Gasteiger partial charge in [0, 0.05) is 13.2 Å². The van der Waals surface area contributed by atoms with Gasteiger partial charge in [-0.3, -0.25) is 4.79 Å². The van der Waals surface area contributed by atoms with Crippen molar-refractivity contribution in [1.82, 2.24) is 0 Å². The molecule has 4 atom stereocenters. The molecule has 22 heavy (non-hydrogen) atoms. The van der Waals surface area contributed by atoms with E-state index in [1.54, 1.807) is 12.2 Å². The summed E-state index contributed by atoms with van der Waals surface area (Å²) in [4.78, 5) is 11.5. The number of hydrogen-bond donors (Lipinski definition) is 4. The minimum Gasteiger partial charge on any atom is -0.481 e. The van der Waals surface area contributed by atoms with Gasteiger partial charge in [0.2, 0.25) is 0 Å².